The third kappa shape index (κ3) is 8.72. The van der Waals surface area contributed by atoms with Crippen LogP contribution in [0.3, 0.4) is 0 Å². The van der Waals surface area contributed by atoms with Crippen LogP contribution in [-0.4, -0.2) is 48.3 Å². The lowest BCUT2D eigenvalue weighted by molar-refractivity contribution is -0.294. The van der Waals surface area contributed by atoms with Crippen molar-refractivity contribution in [1.29, 1.82) is 0 Å². The molecule has 0 aromatic heterocycles. The number of hydrogen-bond donors (Lipinski definition) is 1. The molecular formula is C47H50O7. The molecule has 5 aromatic carbocycles. The molecule has 2 fully saturated rings. The van der Waals surface area contributed by atoms with Crippen LogP contribution in [0.5, 0.6) is 11.5 Å². The highest BCUT2D eigenvalue weighted by Gasteiger charge is 2.53. The molecule has 0 spiro atoms. The van der Waals surface area contributed by atoms with Gasteiger partial charge in [0.05, 0.1) is 25.4 Å². The Kier molecular flexibility index (Phi) is 11.1. The summed E-state index contributed by atoms with van der Waals surface area (Å²) in [5.74, 6) is 2.13. The molecule has 5 aromatic rings. The van der Waals surface area contributed by atoms with E-state index in [1.165, 1.54) is 24.0 Å². The van der Waals surface area contributed by atoms with Gasteiger partial charge in [-0.25, -0.2) is 0 Å². The van der Waals surface area contributed by atoms with Crippen LogP contribution in [0.4, 0.5) is 0 Å². The smallest absolute Gasteiger partial charge is 0.161 e. The van der Waals surface area contributed by atoms with Gasteiger partial charge in [-0.15, -0.1) is 0 Å². The van der Waals surface area contributed by atoms with Gasteiger partial charge in [-0.3, -0.25) is 0 Å². The highest BCUT2D eigenvalue weighted by Crippen LogP contribution is 2.46. The molecule has 280 valence electrons. The minimum atomic E-state index is -1.26. The number of benzene rings is 5. The van der Waals surface area contributed by atoms with E-state index >= 15 is 0 Å². The van der Waals surface area contributed by atoms with Crippen LogP contribution in [0.1, 0.15) is 77.7 Å². The average Bonchev–Trinajstić information content (AvgIpc) is 4.05. The average molecular weight is 727 g/mol. The first-order chi connectivity index (χ1) is 26.4. The molecule has 1 saturated carbocycles. The molecule has 0 amide bonds. The predicted molar refractivity (Wildman–Crippen MR) is 208 cm³/mol. The van der Waals surface area contributed by atoms with Gasteiger partial charge in [0.25, 0.3) is 0 Å². The van der Waals surface area contributed by atoms with Crippen LogP contribution in [-0.2, 0) is 45.2 Å². The summed E-state index contributed by atoms with van der Waals surface area (Å²) in [5, 5.41) is 11.8. The molecule has 2 heterocycles. The van der Waals surface area contributed by atoms with E-state index in [0.29, 0.717) is 39.0 Å². The first-order valence-electron chi connectivity index (χ1n) is 19.2. The van der Waals surface area contributed by atoms with E-state index in [4.69, 9.17) is 28.4 Å². The van der Waals surface area contributed by atoms with Crippen molar-refractivity contribution >= 4 is 0 Å². The Morgan fingerprint density at radius 1 is 0.593 bits per heavy atom. The van der Waals surface area contributed by atoms with Crippen molar-refractivity contribution in [3.63, 3.8) is 0 Å². The van der Waals surface area contributed by atoms with Crippen LogP contribution in [0.2, 0.25) is 0 Å². The van der Waals surface area contributed by atoms with E-state index < -0.39 is 36.1 Å². The van der Waals surface area contributed by atoms with Crippen molar-refractivity contribution in [2.75, 3.05) is 13.2 Å². The second-order valence-corrected chi connectivity index (χ2v) is 15.3. The summed E-state index contributed by atoms with van der Waals surface area (Å²) >= 11 is 0. The third-order valence-electron chi connectivity index (χ3n) is 10.6. The lowest BCUT2D eigenvalue weighted by Crippen LogP contribution is -2.62. The number of ether oxygens (including phenoxy) is 6. The molecular weight excluding hydrogens is 677 g/mol. The SMILES string of the molecule is CC(C)(O)[C@H]1O[C@@H](c2ccc(C3CC3)c(Cc3ccc4c(c3)OCCO4)c2)[C@H](OCc2ccccc2)[C@@H](OCc2ccccc2)[C@@H]1OCc1ccccc1. The maximum Gasteiger partial charge on any atom is 0.161 e. The highest BCUT2D eigenvalue weighted by molar-refractivity contribution is 5.47. The standard InChI is InChI=1S/C47H50O7/c1-47(2,48)46-45(53-31-34-16-10-5-11-17-34)44(52-30-33-14-8-4-9-15-33)43(51-29-32-12-6-3-7-13-32)42(54-46)37-21-22-39(36-19-20-36)38(28-37)26-35-18-23-40-41(27-35)50-25-24-49-40/h3-18,21-23,27-28,36,42-46,48H,19-20,24-26,29-31H2,1-2H3/t42-,43-,44+,45-,46-/m0/s1. The van der Waals surface area contributed by atoms with E-state index in [0.717, 1.165) is 45.7 Å². The maximum absolute atomic E-state index is 11.8. The van der Waals surface area contributed by atoms with E-state index in [9.17, 15) is 5.11 Å². The summed E-state index contributed by atoms with van der Waals surface area (Å²) in [6.45, 7) is 5.73. The zero-order chi connectivity index (χ0) is 36.9. The molecule has 2 aliphatic heterocycles. The Labute approximate surface area is 318 Å². The fourth-order valence-corrected chi connectivity index (χ4v) is 7.70. The Balaban J connectivity index is 1.18. The summed E-state index contributed by atoms with van der Waals surface area (Å²) in [6, 6.07) is 43.4. The van der Waals surface area contributed by atoms with Crippen molar-refractivity contribution in [3.05, 3.63) is 166 Å². The minimum Gasteiger partial charge on any atom is -0.486 e. The molecule has 0 radical (unpaired) electrons. The fourth-order valence-electron chi connectivity index (χ4n) is 7.70. The minimum absolute atomic E-state index is 0.332. The van der Waals surface area contributed by atoms with E-state index in [2.05, 4.69) is 54.6 Å². The van der Waals surface area contributed by atoms with Crippen molar-refractivity contribution in [1.82, 2.24) is 0 Å². The number of rotatable bonds is 14. The number of hydrogen-bond acceptors (Lipinski definition) is 7. The van der Waals surface area contributed by atoms with Gasteiger partial charge >= 0.3 is 0 Å². The van der Waals surface area contributed by atoms with Crippen LogP contribution in [0.15, 0.2) is 127 Å². The molecule has 0 unspecified atom stereocenters. The summed E-state index contributed by atoms with van der Waals surface area (Å²) in [7, 11) is 0. The van der Waals surface area contributed by atoms with E-state index in [1.807, 2.05) is 72.8 Å². The highest BCUT2D eigenvalue weighted by atomic mass is 16.6. The number of aliphatic hydroxyl groups is 1. The summed E-state index contributed by atoms with van der Waals surface area (Å²) < 4.78 is 39.5. The maximum atomic E-state index is 11.8. The monoisotopic (exact) mass is 726 g/mol. The molecule has 8 rings (SSSR count). The van der Waals surface area contributed by atoms with E-state index in [-0.39, 0.29) is 0 Å². The normalized spacial score (nSPS) is 22.5. The Bertz CT molecular complexity index is 1960. The fraction of sp³-hybridized carbons (Fsp3) is 0.362. The van der Waals surface area contributed by atoms with Gasteiger partial charge in [0, 0.05) is 0 Å². The van der Waals surface area contributed by atoms with Gasteiger partial charge < -0.3 is 33.5 Å². The number of fused-ring (bicyclic) bond motifs is 1. The van der Waals surface area contributed by atoms with Gasteiger partial charge in [0.2, 0.25) is 0 Å². The molecule has 0 bridgehead atoms. The van der Waals surface area contributed by atoms with Crippen LogP contribution in [0, 0.1) is 0 Å². The lowest BCUT2D eigenvalue weighted by atomic mass is 9.83. The Hall–Kier alpha value is -4.50. The van der Waals surface area contributed by atoms with Crippen molar-refractivity contribution in [2.45, 2.75) is 95.0 Å². The second-order valence-electron chi connectivity index (χ2n) is 15.3. The zero-order valence-corrected chi connectivity index (χ0v) is 31.1. The molecule has 1 N–H and O–H groups in total. The van der Waals surface area contributed by atoms with Crippen LogP contribution < -0.4 is 9.47 Å². The first kappa shape index (κ1) is 36.5. The summed E-state index contributed by atoms with van der Waals surface area (Å²) in [4.78, 5) is 0. The predicted octanol–water partition coefficient (Wildman–Crippen LogP) is 8.89. The third-order valence-corrected chi connectivity index (χ3v) is 10.6. The Morgan fingerprint density at radius 2 is 1.15 bits per heavy atom. The summed E-state index contributed by atoms with van der Waals surface area (Å²) in [6.07, 6.45) is 0.0279. The van der Waals surface area contributed by atoms with Crippen LogP contribution in [0.25, 0.3) is 0 Å². The van der Waals surface area contributed by atoms with Gasteiger partial charge in [0.1, 0.15) is 43.7 Å². The quantitative estimate of drug-likeness (QED) is 0.123. The zero-order valence-electron chi connectivity index (χ0n) is 31.1. The van der Waals surface area contributed by atoms with Crippen molar-refractivity contribution in [3.8, 4) is 11.5 Å². The summed E-state index contributed by atoms with van der Waals surface area (Å²) in [5.41, 5.74) is 6.61. The molecule has 1 aliphatic carbocycles. The lowest BCUT2D eigenvalue weighted by Gasteiger charge is -2.49. The van der Waals surface area contributed by atoms with E-state index in [1.54, 1.807) is 13.8 Å². The van der Waals surface area contributed by atoms with Gasteiger partial charge in [0.15, 0.2) is 11.5 Å². The molecule has 5 atom stereocenters. The van der Waals surface area contributed by atoms with Crippen molar-refractivity contribution in [2.24, 2.45) is 0 Å². The van der Waals surface area contributed by atoms with Gasteiger partial charge in [-0.2, -0.15) is 0 Å². The topological polar surface area (TPSA) is 75.6 Å². The Morgan fingerprint density at radius 3 is 1.72 bits per heavy atom. The van der Waals surface area contributed by atoms with Gasteiger partial charge in [-0.1, -0.05) is 115 Å². The van der Waals surface area contributed by atoms with Crippen molar-refractivity contribution < 1.29 is 33.5 Å². The molecule has 7 nitrogen and oxygen atoms in total. The molecule has 7 heteroatoms. The van der Waals surface area contributed by atoms with Gasteiger partial charge in [-0.05, 0) is 90.1 Å². The first-order valence-corrected chi connectivity index (χ1v) is 19.2. The molecule has 3 aliphatic rings. The molecule has 1 saturated heterocycles. The van der Waals surface area contributed by atoms with Crippen LogP contribution >= 0.6 is 0 Å². The second kappa shape index (κ2) is 16.5. The largest absolute Gasteiger partial charge is 0.486 e. The molecule has 54 heavy (non-hydrogen) atoms.